The number of oxazole rings is 2. The first-order chi connectivity index (χ1) is 12.6. The molecule has 2 heterocycles. The normalized spacial score (nSPS) is 11.1. The van der Waals surface area contributed by atoms with Crippen LogP contribution in [0.5, 0.6) is 0 Å². The summed E-state index contributed by atoms with van der Waals surface area (Å²) >= 11 is 2.69. The molecule has 4 aromatic rings. The third kappa shape index (κ3) is 3.01. The number of hydrogen-bond donors (Lipinski definition) is 0. The third-order valence-corrected chi connectivity index (χ3v) is 3.48. The van der Waals surface area contributed by atoms with Crippen LogP contribution in [-0.4, -0.2) is 9.97 Å². The molecule has 0 saturated heterocycles. The summed E-state index contributed by atoms with van der Waals surface area (Å²) in [6.07, 6.45) is 0.704. The third-order valence-electron chi connectivity index (χ3n) is 3.14. The summed E-state index contributed by atoms with van der Waals surface area (Å²) in [5.41, 5.74) is -2.82. The van der Waals surface area contributed by atoms with Crippen molar-refractivity contribution in [3.05, 3.63) is 57.7 Å². The van der Waals surface area contributed by atoms with E-state index in [-0.39, 0.29) is 4.80 Å². The molecule has 0 radical (unpaired) electrons. The van der Waals surface area contributed by atoms with Crippen LogP contribution in [0.25, 0.3) is 22.2 Å². The van der Waals surface area contributed by atoms with Crippen molar-refractivity contribution in [3.63, 3.8) is 0 Å². The van der Waals surface area contributed by atoms with Gasteiger partial charge in [0.2, 0.25) is 23.3 Å². The lowest BCUT2D eigenvalue weighted by Gasteiger charge is -1.96. The number of nitrogens with zero attached hydrogens (tertiary/aromatic N) is 2. The van der Waals surface area contributed by atoms with Gasteiger partial charge >= 0.3 is 0 Å². The molecule has 0 fully saturated rings. The molecule has 2 aromatic heterocycles. The van der Waals surface area contributed by atoms with E-state index in [4.69, 9.17) is 0 Å². The van der Waals surface area contributed by atoms with Gasteiger partial charge in [-0.05, 0) is 0 Å². The molecule has 2 aromatic carbocycles. The summed E-state index contributed by atoms with van der Waals surface area (Å²) < 4.78 is 111. The molecule has 4 rings (SSSR count). The Morgan fingerprint density at radius 1 is 0.630 bits per heavy atom. The zero-order valence-electron chi connectivity index (χ0n) is 12.2. The van der Waals surface area contributed by atoms with Crippen LogP contribution in [0.4, 0.5) is 35.1 Å². The fraction of sp³-hybridized carbons (Fsp3) is 0. The number of halogens is 9. The molecule has 142 valence electrons. The Balaban J connectivity index is 0.000000156. The zero-order valence-corrected chi connectivity index (χ0v) is 13.8. The minimum absolute atomic E-state index is 0.254. The Kier molecular flexibility index (Phi) is 4.80. The first-order valence-electron chi connectivity index (χ1n) is 6.48. The van der Waals surface area contributed by atoms with Crippen LogP contribution in [-0.2, 0) is 0 Å². The lowest BCUT2D eigenvalue weighted by molar-refractivity contribution is 0.409. The first-order valence-corrected chi connectivity index (χ1v) is 7.27. The van der Waals surface area contributed by atoms with Crippen molar-refractivity contribution in [3.8, 4) is 0 Å². The van der Waals surface area contributed by atoms with Gasteiger partial charge in [0.15, 0.2) is 51.9 Å². The van der Waals surface area contributed by atoms with Crippen LogP contribution < -0.4 is 0 Å². The first kappa shape index (κ1) is 19.1. The van der Waals surface area contributed by atoms with Gasteiger partial charge in [0, 0.05) is 15.9 Å². The minimum Gasteiger partial charge on any atom is -0.440 e. The average Bonchev–Trinajstić information content (AvgIpc) is 3.28. The van der Waals surface area contributed by atoms with Crippen LogP contribution >= 0.6 is 15.9 Å². The molecular weight excluding hydrogens is 460 g/mol. The second kappa shape index (κ2) is 6.79. The Labute approximate surface area is 150 Å². The van der Waals surface area contributed by atoms with Gasteiger partial charge in [-0.3, -0.25) is 0 Å². The topological polar surface area (TPSA) is 52.1 Å². The van der Waals surface area contributed by atoms with E-state index in [1.807, 2.05) is 0 Å². The van der Waals surface area contributed by atoms with E-state index >= 15 is 0 Å². The van der Waals surface area contributed by atoms with Crippen LogP contribution in [0.1, 0.15) is 0 Å². The number of hydrogen-bond acceptors (Lipinski definition) is 4. The van der Waals surface area contributed by atoms with Crippen LogP contribution in [0.3, 0.4) is 0 Å². The van der Waals surface area contributed by atoms with Crippen molar-refractivity contribution in [1.82, 2.24) is 9.97 Å². The molecule has 0 atom stereocenters. The van der Waals surface area contributed by atoms with Gasteiger partial charge < -0.3 is 8.83 Å². The summed E-state index contributed by atoms with van der Waals surface area (Å²) in [7, 11) is 0. The minimum atomic E-state index is -1.92. The van der Waals surface area contributed by atoms with Gasteiger partial charge in [0.1, 0.15) is 0 Å². The largest absolute Gasteiger partial charge is 0.440 e. The maximum Gasteiger partial charge on any atom is 0.265 e. The highest BCUT2D eigenvalue weighted by Gasteiger charge is 2.25. The van der Waals surface area contributed by atoms with E-state index in [9.17, 15) is 35.1 Å². The Morgan fingerprint density at radius 2 is 1.11 bits per heavy atom. The monoisotopic (exact) mass is 460 g/mol. The fourth-order valence-corrected chi connectivity index (χ4v) is 2.28. The summed E-state index contributed by atoms with van der Waals surface area (Å²) in [6.45, 7) is 0. The number of benzene rings is 2. The van der Waals surface area contributed by atoms with Crippen LogP contribution in [0.2, 0.25) is 0 Å². The van der Waals surface area contributed by atoms with E-state index in [0.29, 0.717) is 6.39 Å². The molecule has 0 aliphatic heterocycles. The molecule has 0 N–H and O–H groups in total. The van der Waals surface area contributed by atoms with Gasteiger partial charge in [0.05, 0.1) is 0 Å². The molecule has 0 saturated carbocycles. The second-order valence-electron chi connectivity index (χ2n) is 4.69. The van der Waals surface area contributed by atoms with E-state index in [1.165, 1.54) is 0 Å². The molecule has 0 unspecified atom stereocenters. The number of fused-ring (bicyclic) bond motifs is 2. The van der Waals surface area contributed by atoms with Crippen molar-refractivity contribution >= 4 is 38.1 Å². The highest BCUT2D eigenvalue weighted by molar-refractivity contribution is 9.10. The summed E-state index contributed by atoms with van der Waals surface area (Å²) in [5, 5.41) is 0. The van der Waals surface area contributed by atoms with Gasteiger partial charge in [-0.25, -0.2) is 31.3 Å². The molecule has 0 aliphatic carbocycles. The quantitative estimate of drug-likeness (QED) is 0.196. The lowest BCUT2D eigenvalue weighted by Crippen LogP contribution is -1.96. The van der Waals surface area contributed by atoms with Crippen molar-refractivity contribution in [2.45, 2.75) is 0 Å². The predicted octanol–water partition coefficient (Wildman–Crippen LogP) is 5.53. The molecule has 0 amide bonds. The molecule has 13 heteroatoms. The van der Waals surface area contributed by atoms with Crippen molar-refractivity contribution in [2.24, 2.45) is 0 Å². The van der Waals surface area contributed by atoms with Gasteiger partial charge in [-0.2, -0.15) is 13.8 Å². The van der Waals surface area contributed by atoms with Gasteiger partial charge in [0.25, 0.3) is 4.80 Å². The molecule has 0 spiro atoms. The van der Waals surface area contributed by atoms with Crippen LogP contribution in [0, 0.1) is 46.5 Å². The highest BCUT2D eigenvalue weighted by Crippen LogP contribution is 2.28. The van der Waals surface area contributed by atoms with Crippen molar-refractivity contribution < 1.29 is 44.0 Å². The molecule has 27 heavy (non-hydrogen) atoms. The SMILES string of the molecule is Fc1c(F)c(F)c2oc(Br)nc2c1F.Fc1c(F)c(F)c2ocnc2c1F. The lowest BCUT2D eigenvalue weighted by atomic mass is 10.3. The standard InChI is InChI=1S/C7BrF4NO.C7HF4NO/c8-7-13-5-3(11)1(9)2(10)4(12)6(5)14-7;8-2-3(9)5(11)7-6(4(2)10)12-1-13-7/h;1H. The Bertz CT molecular complexity index is 1100. The highest BCUT2D eigenvalue weighted by atomic mass is 79.9. The Morgan fingerprint density at radius 3 is 1.70 bits per heavy atom. The Hall–Kier alpha value is -2.70. The zero-order chi connectivity index (χ0) is 20.0. The van der Waals surface area contributed by atoms with E-state index in [1.54, 1.807) is 0 Å². The van der Waals surface area contributed by atoms with Crippen molar-refractivity contribution in [2.75, 3.05) is 0 Å². The average molecular weight is 461 g/mol. The molecule has 0 aliphatic rings. The number of aromatic nitrogens is 2. The smallest absolute Gasteiger partial charge is 0.265 e. The second-order valence-corrected chi connectivity index (χ2v) is 5.36. The van der Waals surface area contributed by atoms with E-state index < -0.39 is 68.7 Å². The van der Waals surface area contributed by atoms with E-state index in [0.717, 1.165) is 0 Å². The predicted molar refractivity (Wildman–Crippen MR) is 75.4 cm³/mol. The number of rotatable bonds is 0. The summed E-state index contributed by atoms with van der Waals surface area (Å²) in [6, 6.07) is 0. The molecular formula is C14HBrF8N2O2. The summed E-state index contributed by atoms with van der Waals surface area (Å²) in [5.74, 6) is -13.9. The van der Waals surface area contributed by atoms with Crippen molar-refractivity contribution in [1.29, 1.82) is 0 Å². The maximum atomic E-state index is 12.9. The van der Waals surface area contributed by atoms with Gasteiger partial charge in [-0.15, -0.1) is 0 Å². The van der Waals surface area contributed by atoms with E-state index in [2.05, 4.69) is 34.7 Å². The fourth-order valence-electron chi connectivity index (χ4n) is 1.94. The van der Waals surface area contributed by atoms with Gasteiger partial charge in [-0.1, -0.05) is 0 Å². The summed E-state index contributed by atoms with van der Waals surface area (Å²) in [4.78, 5) is 6.24. The maximum absolute atomic E-state index is 12.9. The van der Waals surface area contributed by atoms with Crippen LogP contribution in [0.15, 0.2) is 20.0 Å². The molecule has 0 bridgehead atoms. The molecule has 4 nitrogen and oxygen atoms in total.